The third kappa shape index (κ3) is 462. The van der Waals surface area contributed by atoms with Gasteiger partial charge in [0.05, 0.1) is 0 Å². The number of nitrogens with two attached hydrogens (primary N) is 1. The molecule has 0 rings (SSSR count). The Morgan fingerprint density at radius 2 is 1.29 bits per heavy atom. The third-order valence-corrected chi connectivity index (χ3v) is 0. The molecule has 0 fully saturated rings. The minimum atomic E-state index is -3.12. The third-order valence-electron chi connectivity index (χ3n) is 0. The van der Waals surface area contributed by atoms with E-state index in [4.69, 9.17) is 0 Å². The summed E-state index contributed by atoms with van der Waals surface area (Å²) < 4.78 is 39.7. The fraction of sp³-hybridized carbons (Fsp3) is 0. The second-order valence-electron chi connectivity index (χ2n) is 0.330. The van der Waals surface area contributed by atoms with Crippen LogP contribution < -0.4 is 5.50 Å². The molecule has 0 bridgehead atoms. The lowest BCUT2D eigenvalue weighted by Crippen LogP contribution is -1.66. The van der Waals surface area contributed by atoms with E-state index in [0.717, 1.165) is 0 Å². The lowest BCUT2D eigenvalue weighted by atomic mass is 13.9. The van der Waals surface area contributed by atoms with E-state index in [-0.39, 0.29) is 0 Å². The molecule has 46 valence electrons. The Hall–Kier alpha value is 0.540. The molecular formula is H3F4NP2. The maximum atomic E-state index is 10.2. The van der Waals surface area contributed by atoms with Crippen molar-refractivity contribution in [3.63, 3.8) is 0 Å². The zero-order chi connectivity index (χ0) is 6.28. The SMILES string of the molecule is FPF.NP(F)F. The molecule has 0 unspecified atom stereocenters. The summed E-state index contributed by atoms with van der Waals surface area (Å²) >= 11 is 0. The summed E-state index contributed by atoms with van der Waals surface area (Å²) in [6.45, 7) is 0. The lowest BCUT2D eigenvalue weighted by molar-refractivity contribution is 0.747. The quantitative estimate of drug-likeness (QED) is 0.422. The van der Waals surface area contributed by atoms with Gasteiger partial charge in [-0.05, 0) is 0 Å². The maximum absolute atomic E-state index is 10.2. The molecular weight excluding hydrogens is 152 g/mol. The Labute approximate surface area is 41.3 Å². The highest BCUT2D eigenvalue weighted by Gasteiger charge is 1.82. The molecule has 0 aromatic carbocycles. The van der Waals surface area contributed by atoms with Gasteiger partial charge in [-0.25, -0.2) is 0 Å². The highest BCUT2D eigenvalue weighted by atomic mass is 31.2. The molecule has 0 spiro atoms. The van der Waals surface area contributed by atoms with Crippen LogP contribution in [0.2, 0.25) is 0 Å². The molecule has 0 atom stereocenters. The summed E-state index contributed by atoms with van der Waals surface area (Å²) in [5, 5.41) is 0. The van der Waals surface area contributed by atoms with E-state index in [9.17, 15) is 16.8 Å². The summed E-state index contributed by atoms with van der Waals surface area (Å²) in [7, 11) is -5.04. The fourth-order valence-corrected chi connectivity index (χ4v) is 0. The summed E-state index contributed by atoms with van der Waals surface area (Å²) in [5.41, 5.74) is 3.84. The summed E-state index contributed by atoms with van der Waals surface area (Å²) in [4.78, 5) is 0. The predicted molar refractivity (Wildman–Crippen MR) is 23.9 cm³/mol. The van der Waals surface area contributed by atoms with Gasteiger partial charge in [0.15, 0.2) is 0 Å². The van der Waals surface area contributed by atoms with E-state index in [0.29, 0.717) is 0 Å². The Morgan fingerprint density at radius 1 is 1.29 bits per heavy atom. The first kappa shape index (κ1) is 10.5. The van der Waals surface area contributed by atoms with Crippen LogP contribution in [0.15, 0.2) is 0 Å². The molecule has 0 aliphatic carbocycles. The molecule has 7 heteroatoms. The first-order chi connectivity index (χ1) is 3.15. The Morgan fingerprint density at radius 3 is 1.29 bits per heavy atom. The molecule has 0 saturated carbocycles. The van der Waals surface area contributed by atoms with E-state index in [1.165, 1.54) is 0 Å². The fourth-order valence-electron chi connectivity index (χ4n) is 0. The van der Waals surface area contributed by atoms with Gasteiger partial charge in [0, 0.05) is 0 Å². The van der Waals surface area contributed by atoms with Crippen molar-refractivity contribution in [2.75, 3.05) is 0 Å². The van der Waals surface area contributed by atoms with Crippen LogP contribution >= 0.6 is 17.9 Å². The second kappa shape index (κ2) is 9.74. The van der Waals surface area contributed by atoms with Crippen molar-refractivity contribution in [2.45, 2.75) is 0 Å². The van der Waals surface area contributed by atoms with Crippen LogP contribution in [0.4, 0.5) is 16.8 Å². The highest BCUT2D eigenvalue weighted by molar-refractivity contribution is 7.43. The van der Waals surface area contributed by atoms with Crippen molar-refractivity contribution in [1.29, 1.82) is 0 Å². The van der Waals surface area contributed by atoms with Crippen LogP contribution in [0.3, 0.4) is 0 Å². The normalized spacial score (nSPS) is 7.71. The number of halogens is 4. The van der Waals surface area contributed by atoms with Crippen LogP contribution in [-0.2, 0) is 0 Å². The summed E-state index contributed by atoms with van der Waals surface area (Å²) in [6.07, 6.45) is 0. The molecule has 0 heterocycles. The highest BCUT2D eigenvalue weighted by Crippen LogP contribution is 2.26. The molecule has 0 saturated heterocycles. The van der Waals surface area contributed by atoms with Crippen molar-refractivity contribution < 1.29 is 16.8 Å². The summed E-state index contributed by atoms with van der Waals surface area (Å²) in [5.74, 6) is 0. The van der Waals surface area contributed by atoms with Gasteiger partial charge in [0.2, 0.25) is 0 Å². The Balaban J connectivity index is 0. The van der Waals surface area contributed by atoms with E-state index in [1.807, 2.05) is 0 Å². The summed E-state index contributed by atoms with van der Waals surface area (Å²) in [6, 6.07) is 0. The van der Waals surface area contributed by atoms with Gasteiger partial charge in [-0.3, -0.25) is 5.50 Å². The van der Waals surface area contributed by atoms with E-state index in [1.54, 1.807) is 0 Å². The molecule has 0 aromatic heterocycles. The average molecular weight is 155 g/mol. The first-order valence-electron chi connectivity index (χ1n) is 0.974. The number of rotatable bonds is 0. The zero-order valence-corrected chi connectivity index (χ0v) is 4.93. The molecule has 0 aromatic rings. The average Bonchev–Trinajstić information content (AvgIpc) is 1.33. The molecule has 0 amide bonds. The molecule has 0 aliphatic heterocycles. The predicted octanol–water partition coefficient (Wildman–Crippen LogP) is 2.54. The van der Waals surface area contributed by atoms with Gasteiger partial charge < -0.3 is 0 Å². The first-order valence-corrected chi connectivity index (χ1v) is 2.92. The molecule has 1 nitrogen and oxygen atoms in total. The van der Waals surface area contributed by atoms with Crippen LogP contribution in [0.25, 0.3) is 0 Å². The zero-order valence-electron chi connectivity index (χ0n) is 3.04. The van der Waals surface area contributed by atoms with Crippen LogP contribution in [0, 0.1) is 0 Å². The lowest BCUT2D eigenvalue weighted by Gasteiger charge is -1.68. The smallest absolute Gasteiger partial charge is 0.257 e. The molecule has 2 N–H and O–H groups in total. The van der Waals surface area contributed by atoms with E-state index >= 15 is 0 Å². The Kier molecular flexibility index (Phi) is 14.6. The van der Waals surface area contributed by atoms with Gasteiger partial charge in [-0.15, -0.1) is 0 Å². The molecule has 0 aliphatic rings. The maximum Gasteiger partial charge on any atom is 0.340 e. The van der Waals surface area contributed by atoms with Crippen molar-refractivity contribution in [1.82, 2.24) is 0 Å². The second-order valence-corrected chi connectivity index (χ2v) is 0.991. The monoisotopic (exact) mass is 155 g/mol. The van der Waals surface area contributed by atoms with E-state index < -0.39 is 17.9 Å². The van der Waals surface area contributed by atoms with Crippen molar-refractivity contribution in [3.8, 4) is 0 Å². The van der Waals surface area contributed by atoms with Crippen LogP contribution in [0.5, 0.6) is 0 Å². The van der Waals surface area contributed by atoms with Crippen molar-refractivity contribution in [2.24, 2.45) is 5.50 Å². The Bertz CT molecular complexity index is 20.9. The van der Waals surface area contributed by atoms with Gasteiger partial charge >= 0.3 is 8.69 Å². The van der Waals surface area contributed by atoms with Crippen molar-refractivity contribution >= 4 is 17.9 Å². The van der Waals surface area contributed by atoms with Gasteiger partial charge in [0.25, 0.3) is 9.20 Å². The van der Waals surface area contributed by atoms with Crippen molar-refractivity contribution in [3.05, 3.63) is 0 Å². The minimum Gasteiger partial charge on any atom is -0.257 e. The van der Waals surface area contributed by atoms with Crippen LogP contribution in [0.1, 0.15) is 0 Å². The van der Waals surface area contributed by atoms with E-state index in [2.05, 4.69) is 5.50 Å². The standard InChI is InChI=1S/F2H2NP.F2HP/c1-4(2)3;1-3-2/h3H2;3H. The molecule has 0 radical (unpaired) electrons. The molecule has 7 heavy (non-hydrogen) atoms. The number of hydrogen-bond acceptors (Lipinski definition) is 1. The minimum absolute atomic E-state index is 1.92. The van der Waals surface area contributed by atoms with Gasteiger partial charge in [0.1, 0.15) is 0 Å². The topological polar surface area (TPSA) is 26.0 Å². The number of hydrogen-bond donors (Lipinski definition) is 1. The van der Waals surface area contributed by atoms with Gasteiger partial charge in [-0.1, -0.05) is 0 Å². The van der Waals surface area contributed by atoms with Crippen LogP contribution in [-0.4, -0.2) is 0 Å². The van der Waals surface area contributed by atoms with Gasteiger partial charge in [-0.2, -0.15) is 16.8 Å². The largest absolute Gasteiger partial charge is 0.340 e.